The molecule has 178 valence electrons. The molecule has 0 bridgehead atoms. The number of ether oxygens (including phenoxy) is 1. The van der Waals surface area contributed by atoms with E-state index in [0.717, 1.165) is 30.4 Å². The highest BCUT2D eigenvalue weighted by molar-refractivity contribution is 5.90. The molecule has 0 aliphatic heterocycles. The third-order valence-corrected chi connectivity index (χ3v) is 7.62. The minimum Gasteiger partial charge on any atom is -0.480 e. The lowest BCUT2D eigenvalue weighted by Gasteiger charge is -2.31. The molecule has 5 rings (SSSR count). The maximum Gasteiger partial charge on any atom is 0.407 e. The number of alkyl carbamates (subject to hydrolysis) is 1. The van der Waals surface area contributed by atoms with E-state index in [-0.39, 0.29) is 30.3 Å². The van der Waals surface area contributed by atoms with Gasteiger partial charge in [-0.15, -0.1) is 0 Å². The molecule has 0 saturated heterocycles. The monoisotopic (exact) mass is 462 g/mol. The lowest BCUT2D eigenvalue weighted by molar-refractivity contribution is -0.144. The lowest BCUT2D eigenvalue weighted by atomic mass is 9.78. The van der Waals surface area contributed by atoms with Crippen LogP contribution in [0.25, 0.3) is 11.1 Å². The van der Waals surface area contributed by atoms with Gasteiger partial charge >= 0.3 is 12.1 Å². The van der Waals surface area contributed by atoms with Gasteiger partial charge in [0.1, 0.15) is 12.1 Å². The Kier molecular flexibility index (Phi) is 6.02. The molecule has 0 radical (unpaired) electrons. The Hall–Kier alpha value is -3.35. The summed E-state index contributed by atoms with van der Waals surface area (Å²) < 4.78 is 5.62. The van der Waals surface area contributed by atoms with Crippen molar-refractivity contribution < 1.29 is 24.2 Å². The van der Waals surface area contributed by atoms with Gasteiger partial charge in [-0.05, 0) is 53.9 Å². The van der Waals surface area contributed by atoms with Gasteiger partial charge in [-0.3, -0.25) is 4.79 Å². The number of fused-ring (bicyclic) bond motifs is 3. The zero-order chi connectivity index (χ0) is 23.7. The molecule has 3 aliphatic carbocycles. The Labute approximate surface area is 198 Å². The van der Waals surface area contributed by atoms with Gasteiger partial charge in [0.15, 0.2) is 0 Å². The molecule has 2 saturated carbocycles. The average molecular weight is 463 g/mol. The first-order valence-corrected chi connectivity index (χ1v) is 12.1. The largest absolute Gasteiger partial charge is 0.480 e. The van der Waals surface area contributed by atoms with Crippen molar-refractivity contribution in [3.8, 4) is 11.1 Å². The topological polar surface area (TPSA) is 105 Å². The fraction of sp³-hybridized carbons (Fsp3) is 0.444. The predicted molar refractivity (Wildman–Crippen MR) is 126 cm³/mol. The number of carboxylic acids is 1. The number of hydrogen-bond donors (Lipinski definition) is 3. The van der Waals surface area contributed by atoms with Crippen molar-refractivity contribution >= 4 is 18.0 Å². The SMILES string of the molecule is O=C(NC[C@@H]1CCCC[C@@H]1C(=O)NC1(C(=O)O)CC1)OCC1c2ccccc2-c2ccccc21. The summed E-state index contributed by atoms with van der Waals surface area (Å²) in [7, 11) is 0. The van der Waals surface area contributed by atoms with Crippen molar-refractivity contribution in [1.82, 2.24) is 10.6 Å². The molecule has 2 fully saturated rings. The van der Waals surface area contributed by atoms with Gasteiger partial charge in [-0.2, -0.15) is 0 Å². The van der Waals surface area contributed by atoms with Crippen LogP contribution in [0.1, 0.15) is 55.6 Å². The Morgan fingerprint density at radius 1 is 0.941 bits per heavy atom. The van der Waals surface area contributed by atoms with E-state index in [1.54, 1.807) is 0 Å². The summed E-state index contributed by atoms with van der Waals surface area (Å²) in [5.74, 6) is -1.50. The fourth-order valence-corrected chi connectivity index (χ4v) is 5.51. The van der Waals surface area contributed by atoms with Gasteiger partial charge in [-0.25, -0.2) is 9.59 Å². The minimum atomic E-state index is -1.08. The summed E-state index contributed by atoms with van der Waals surface area (Å²) in [5.41, 5.74) is 3.59. The van der Waals surface area contributed by atoms with Crippen molar-refractivity contribution in [3.05, 3.63) is 59.7 Å². The van der Waals surface area contributed by atoms with E-state index in [1.807, 2.05) is 24.3 Å². The summed E-state index contributed by atoms with van der Waals surface area (Å²) in [6.07, 6.45) is 3.91. The van der Waals surface area contributed by atoms with Crippen LogP contribution in [0.3, 0.4) is 0 Å². The van der Waals surface area contributed by atoms with Crippen LogP contribution in [0.15, 0.2) is 48.5 Å². The molecule has 34 heavy (non-hydrogen) atoms. The highest BCUT2D eigenvalue weighted by atomic mass is 16.5. The summed E-state index contributed by atoms with van der Waals surface area (Å²) in [4.78, 5) is 36.8. The number of aliphatic carboxylic acids is 1. The highest BCUT2D eigenvalue weighted by Gasteiger charge is 2.52. The highest BCUT2D eigenvalue weighted by Crippen LogP contribution is 2.44. The molecule has 7 heteroatoms. The second-order valence-electron chi connectivity index (χ2n) is 9.73. The van der Waals surface area contributed by atoms with Crippen LogP contribution in [-0.2, 0) is 14.3 Å². The van der Waals surface area contributed by atoms with E-state index in [1.165, 1.54) is 11.1 Å². The normalized spacial score (nSPS) is 22.2. The number of hydrogen-bond acceptors (Lipinski definition) is 4. The molecule has 2 atom stereocenters. The van der Waals surface area contributed by atoms with Gasteiger partial charge < -0.3 is 20.5 Å². The number of carboxylic acid groups (broad SMARTS) is 1. The Morgan fingerprint density at radius 2 is 1.56 bits per heavy atom. The fourth-order valence-electron chi connectivity index (χ4n) is 5.51. The Balaban J connectivity index is 1.17. The molecular weight excluding hydrogens is 432 g/mol. The molecule has 0 unspecified atom stereocenters. The molecule has 3 N–H and O–H groups in total. The van der Waals surface area contributed by atoms with Gasteiger partial charge in [0.25, 0.3) is 0 Å². The molecule has 3 aliphatic rings. The molecule has 2 amide bonds. The maximum atomic E-state index is 12.8. The average Bonchev–Trinajstić information content (AvgIpc) is 3.57. The zero-order valence-corrected chi connectivity index (χ0v) is 19.1. The molecule has 7 nitrogen and oxygen atoms in total. The van der Waals surface area contributed by atoms with Crippen molar-refractivity contribution in [3.63, 3.8) is 0 Å². The maximum absolute atomic E-state index is 12.8. The first-order valence-electron chi connectivity index (χ1n) is 12.1. The van der Waals surface area contributed by atoms with Crippen LogP contribution in [0.5, 0.6) is 0 Å². The van der Waals surface area contributed by atoms with Crippen LogP contribution in [0, 0.1) is 11.8 Å². The van der Waals surface area contributed by atoms with Crippen LogP contribution >= 0.6 is 0 Å². The van der Waals surface area contributed by atoms with Crippen LogP contribution in [0.4, 0.5) is 4.79 Å². The van der Waals surface area contributed by atoms with Gasteiger partial charge in [0.05, 0.1) is 0 Å². The van der Waals surface area contributed by atoms with Crippen LogP contribution in [-0.4, -0.2) is 41.8 Å². The van der Waals surface area contributed by atoms with Crippen molar-refractivity contribution in [2.45, 2.75) is 50.0 Å². The van der Waals surface area contributed by atoms with E-state index in [9.17, 15) is 19.5 Å². The van der Waals surface area contributed by atoms with E-state index in [4.69, 9.17) is 4.74 Å². The summed E-state index contributed by atoms with van der Waals surface area (Å²) >= 11 is 0. The first-order chi connectivity index (χ1) is 16.5. The Morgan fingerprint density at radius 3 is 2.18 bits per heavy atom. The summed E-state index contributed by atoms with van der Waals surface area (Å²) in [5, 5.41) is 15.0. The van der Waals surface area contributed by atoms with E-state index in [0.29, 0.717) is 25.8 Å². The van der Waals surface area contributed by atoms with Gasteiger partial charge in [-0.1, -0.05) is 61.4 Å². The Bertz CT molecular complexity index is 1060. The van der Waals surface area contributed by atoms with Crippen LogP contribution < -0.4 is 10.6 Å². The van der Waals surface area contributed by atoms with Crippen molar-refractivity contribution in [2.75, 3.05) is 13.2 Å². The lowest BCUT2D eigenvalue weighted by Crippen LogP contribution is -2.49. The zero-order valence-electron chi connectivity index (χ0n) is 19.1. The molecular formula is C27H30N2O5. The first kappa shape index (κ1) is 22.4. The summed E-state index contributed by atoms with van der Waals surface area (Å²) in [6, 6.07) is 16.4. The molecule has 2 aromatic rings. The number of nitrogens with one attached hydrogen (secondary N) is 2. The number of rotatable bonds is 7. The second kappa shape index (κ2) is 9.12. The van der Waals surface area contributed by atoms with Gasteiger partial charge in [0.2, 0.25) is 5.91 Å². The third kappa shape index (κ3) is 4.27. The van der Waals surface area contributed by atoms with E-state index < -0.39 is 17.6 Å². The third-order valence-electron chi connectivity index (χ3n) is 7.62. The van der Waals surface area contributed by atoms with Crippen LogP contribution in [0.2, 0.25) is 0 Å². The van der Waals surface area contributed by atoms with E-state index >= 15 is 0 Å². The quantitative estimate of drug-likeness (QED) is 0.576. The van der Waals surface area contributed by atoms with Gasteiger partial charge in [0, 0.05) is 18.4 Å². The molecule has 0 heterocycles. The molecule has 0 aromatic heterocycles. The van der Waals surface area contributed by atoms with Crippen molar-refractivity contribution in [2.24, 2.45) is 11.8 Å². The molecule has 2 aromatic carbocycles. The predicted octanol–water partition coefficient (Wildman–Crippen LogP) is 4.06. The minimum absolute atomic E-state index is 0.00268. The second-order valence-corrected chi connectivity index (χ2v) is 9.73. The summed E-state index contributed by atoms with van der Waals surface area (Å²) in [6.45, 7) is 0.588. The molecule has 0 spiro atoms. The number of benzene rings is 2. The number of carbonyl (C=O) groups excluding carboxylic acids is 2. The van der Waals surface area contributed by atoms with E-state index in [2.05, 4.69) is 34.9 Å². The smallest absolute Gasteiger partial charge is 0.407 e. The number of carbonyl (C=O) groups is 3. The van der Waals surface area contributed by atoms with Crippen molar-refractivity contribution in [1.29, 1.82) is 0 Å². The standard InChI is InChI=1S/C27H30N2O5/c30-24(29-27(13-14-27)25(31)32)18-8-2-1-7-17(18)15-28-26(33)34-16-23-21-11-5-3-9-19(21)20-10-4-6-12-22(20)23/h3-6,9-12,17-18,23H,1-2,7-8,13-16H2,(H,28,33)(H,29,30)(H,31,32)/t17-,18-/m0/s1. The number of amides is 2.